The van der Waals surface area contributed by atoms with Crippen molar-refractivity contribution in [3.8, 4) is 11.5 Å². The maximum atomic E-state index is 9.88. The molecule has 2 rings (SSSR count). The zero-order valence-corrected chi connectivity index (χ0v) is 13.9. The Morgan fingerprint density at radius 3 is 2.48 bits per heavy atom. The molecule has 0 unspecified atom stereocenters. The summed E-state index contributed by atoms with van der Waals surface area (Å²) in [4.78, 5) is 4.16. The molecule has 2 aromatic rings. The van der Waals surface area contributed by atoms with Crippen molar-refractivity contribution in [1.29, 1.82) is 0 Å². The van der Waals surface area contributed by atoms with Gasteiger partial charge in [0.2, 0.25) is 0 Å². The Balaban J connectivity index is 1.91. The van der Waals surface area contributed by atoms with Crippen molar-refractivity contribution >= 4 is 17.6 Å². The Bertz CT molecular complexity index is 672. The first-order chi connectivity index (χ1) is 11.1. The lowest BCUT2D eigenvalue weighted by Crippen LogP contribution is -2.36. The third kappa shape index (κ3) is 5.07. The summed E-state index contributed by atoms with van der Waals surface area (Å²) in [5, 5.41) is 17.0. The third-order valence-electron chi connectivity index (χ3n) is 3.33. The molecule has 0 saturated heterocycles. The average Bonchev–Trinajstić information content (AvgIpc) is 2.58. The van der Waals surface area contributed by atoms with Gasteiger partial charge in [0.1, 0.15) is 11.5 Å². The highest BCUT2D eigenvalue weighted by atomic mass is 35.5. The quantitative estimate of drug-likeness (QED) is 0.581. The smallest absolute Gasteiger partial charge is 0.191 e. The molecule has 0 atom stereocenters. The van der Waals surface area contributed by atoms with Crippen LogP contribution in [0.2, 0.25) is 5.02 Å². The van der Waals surface area contributed by atoms with Crippen LogP contribution in [0.3, 0.4) is 0 Å². The fourth-order valence-corrected chi connectivity index (χ4v) is 2.14. The number of rotatable bonds is 5. The van der Waals surface area contributed by atoms with Gasteiger partial charge in [0.05, 0.1) is 7.11 Å². The summed E-state index contributed by atoms with van der Waals surface area (Å²) in [5.41, 5.74) is 1.83. The van der Waals surface area contributed by atoms with Gasteiger partial charge >= 0.3 is 0 Å². The first kappa shape index (κ1) is 17.0. The van der Waals surface area contributed by atoms with Crippen molar-refractivity contribution in [2.75, 3.05) is 14.2 Å². The fourth-order valence-electron chi connectivity index (χ4n) is 2.02. The molecule has 0 radical (unpaired) electrons. The molecular formula is C17H20ClN3O2. The number of halogens is 1. The summed E-state index contributed by atoms with van der Waals surface area (Å²) in [6, 6.07) is 12.7. The topological polar surface area (TPSA) is 65.9 Å². The maximum Gasteiger partial charge on any atom is 0.191 e. The largest absolute Gasteiger partial charge is 0.508 e. The highest BCUT2D eigenvalue weighted by Gasteiger charge is 2.05. The summed E-state index contributed by atoms with van der Waals surface area (Å²) >= 11 is 5.87. The summed E-state index contributed by atoms with van der Waals surface area (Å²) in [6.07, 6.45) is 0. The second-order valence-electron chi connectivity index (χ2n) is 4.90. The molecule has 0 aromatic heterocycles. The van der Waals surface area contributed by atoms with Crippen molar-refractivity contribution < 1.29 is 9.84 Å². The van der Waals surface area contributed by atoms with Gasteiger partial charge in [0.15, 0.2) is 5.96 Å². The normalized spacial score (nSPS) is 11.2. The summed E-state index contributed by atoms with van der Waals surface area (Å²) in [5.74, 6) is 1.55. The van der Waals surface area contributed by atoms with E-state index in [2.05, 4.69) is 15.6 Å². The molecular weight excluding hydrogens is 314 g/mol. The van der Waals surface area contributed by atoms with E-state index >= 15 is 0 Å². The first-order valence-electron chi connectivity index (χ1n) is 7.17. The molecule has 0 aliphatic heterocycles. The number of aromatic hydroxyl groups is 1. The van der Waals surface area contributed by atoms with E-state index in [9.17, 15) is 5.11 Å². The highest BCUT2D eigenvalue weighted by Crippen LogP contribution is 2.22. The number of phenolic OH excluding ortho intramolecular Hbond substituents is 1. The van der Waals surface area contributed by atoms with Gasteiger partial charge in [-0.15, -0.1) is 0 Å². The van der Waals surface area contributed by atoms with Crippen molar-refractivity contribution in [1.82, 2.24) is 10.6 Å². The van der Waals surface area contributed by atoms with Gasteiger partial charge in [-0.1, -0.05) is 23.7 Å². The predicted octanol–water partition coefficient (Wildman–Crippen LogP) is 2.92. The standard InChI is InChI=1S/C17H20ClN3O2/c1-19-17(20-10-12-3-5-14(18)6-4-12)21-11-13-9-15(23-2)7-8-16(13)22/h3-9,22H,10-11H2,1-2H3,(H2,19,20,21). The van der Waals surface area contributed by atoms with Crippen LogP contribution in [0.15, 0.2) is 47.5 Å². The lowest BCUT2D eigenvalue weighted by Gasteiger charge is -2.13. The van der Waals surface area contributed by atoms with E-state index in [1.807, 2.05) is 24.3 Å². The zero-order valence-electron chi connectivity index (χ0n) is 13.1. The van der Waals surface area contributed by atoms with Crippen LogP contribution in [-0.2, 0) is 13.1 Å². The number of nitrogens with zero attached hydrogens (tertiary/aromatic N) is 1. The second-order valence-corrected chi connectivity index (χ2v) is 5.34. The van der Waals surface area contributed by atoms with Crippen molar-refractivity contribution in [2.24, 2.45) is 4.99 Å². The van der Waals surface area contributed by atoms with Crippen LogP contribution >= 0.6 is 11.6 Å². The zero-order chi connectivity index (χ0) is 16.7. The molecule has 23 heavy (non-hydrogen) atoms. The van der Waals surface area contributed by atoms with E-state index < -0.39 is 0 Å². The number of methoxy groups -OCH3 is 1. The van der Waals surface area contributed by atoms with Gasteiger partial charge in [0, 0.05) is 30.7 Å². The van der Waals surface area contributed by atoms with Gasteiger partial charge < -0.3 is 20.5 Å². The number of nitrogens with one attached hydrogen (secondary N) is 2. The Kier molecular flexibility index (Phi) is 6.11. The number of hydrogen-bond donors (Lipinski definition) is 3. The molecule has 0 amide bonds. The van der Waals surface area contributed by atoms with Gasteiger partial charge in [-0.25, -0.2) is 0 Å². The van der Waals surface area contributed by atoms with Crippen LogP contribution in [0.4, 0.5) is 0 Å². The molecule has 0 bridgehead atoms. The number of benzene rings is 2. The molecule has 3 N–H and O–H groups in total. The minimum atomic E-state index is 0.214. The molecule has 122 valence electrons. The van der Waals surface area contributed by atoms with Crippen molar-refractivity contribution in [2.45, 2.75) is 13.1 Å². The maximum absolute atomic E-state index is 9.88. The SMILES string of the molecule is CN=C(NCc1ccc(Cl)cc1)NCc1cc(OC)ccc1O. The number of hydrogen-bond acceptors (Lipinski definition) is 3. The molecule has 6 heteroatoms. The van der Waals surface area contributed by atoms with Gasteiger partial charge in [-0.2, -0.15) is 0 Å². The third-order valence-corrected chi connectivity index (χ3v) is 3.58. The lowest BCUT2D eigenvalue weighted by atomic mass is 10.2. The van der Waals surface area contributed by atoms with Crippen LogP contribution < -0.4 is 15.4 Å². The van der Waals surface area contributed by atoms with E-state index in [4.69, 9.17) is 16.3 Å². The van der Waals surface area contributed by atoms with Crippen LogP contribution in [0.5, 0.6) is 11.5 Å². The van der Waals surface area contributed by atoms with Crippen LogP contribution in [-0.4, -0.2) is 25.2 Å². The Morgan fingerprint density at radius 1 is 1.13 bits per heavy atom. The minimum Gasteiger partial charge on any atom is -0.508 e. The van der Waals surface area contributed by atoms with E-state index in [1.54, 1.807) is 32.4 Å². The molecule has 0 saturated carbocycles. The molecule has 0 aliphatic carbocycles. The second kappa shape index (κ2) is 8.29. The number of ether oxygens (including phenoxy) is 1. The molecule has 0 spiro atoms. The molecule has 2 aromatic carbocycles. The van der Waals surface area contributed by atoms with Gasteiger partial charge in [0.25, 0.3) is 0 Å². The number of phenols is 1. The first-order valence-corrected chi connectivity index (χ1v) is 7.55. The molecule has 0 fully saturated rings. The molecule has 0 heterocycles. The monoisotopic (exact) mass is 333 g/mol. The van der Waals surface area contributed by atoms with E-state index in [0.717, 1.165) is 11.1 Å². The summed E-state index contributed by atoms with van der Waals surface area (Å²) in [6.45, 7) is 1.06. The van der Waals surface area contributed by atoms with Crippen LogP contribution in [0.1, 0.15) is 11.1 Å². The van der Waals surface area contributed by atoms with Crippen LogP contribution in [0, 0.1) is 0 Å². The van der Waals surface area contributed by atoms with E-state index in [0.29, 0.717) is 29.8 Å². The highest BCUT2D eigenvalue weighted by molar-refractivity contribution is 6.30. The van der Waals surface area contributed by atoms with Crippen LogP contribution in [0.25, 0.3) is 0 Å². The number of aliphatic imine (C=N–C) groups is 1. The fraction of sp³-hybridized carbons (Fsp3) is 0.235. The number of guanidine groups is 1. The summed E-state index contributed by atoms with van der Waals surface area (Å²) < 4.78 is 5.16. The van der Waals surface area contributed by atoms with E-state index in [-0.39, 0.29) is 5.75 Å². The predicted molar refractivity (Wildman–Crippen MR) is 93.1 cm³/mol. The van der Waals surface area contributed by atoms with Gasteiger partial charge in [-0.3, -0.25) is 4.99 Å². The van der Waals surface area contributed by atoms with Crippen molar-refractivity contribution in [3.63, 3.8) is 0 Å². The summed E-state index contributed by atoms with van der Waals surface area (Å²) in [7, 11) is 3.29. The molecule has 5 nitrogen and oxygen atoms in total. The Labute approximate surface area is 141 Å². The lowest BCUT2D eigenvalue weighted by molar-refractivity contribution is 0.410. The van der Waals surface area contributed by atoms with Gasteiger partial charge in [-0.05, 0) is 35.9 Å². The van der Waals surface area contributed by atoms with E-state index in [1.165, 1.54) is 0 Å². The minimum absolute atomic E-state index is 0.214. The van der Waals surface area contributed by atoms with Crippen molar-refractivity contribution in [3.05, 3.63) is 58.6 Å². The Morgan fingerprint density at radius 2 is 1.83 bits per heavy atom. The molecule has 0 aliphatic rings. The average molecular weight is 334 g/mol. The Hall–Kier alpha value is -2.40.